The molecule has 0 aliphatic heterocycles. The second-order valence-corrected chi connectivity index (χ2v) is 3.96. The molecule has 0 saturated heterocycles. The number of amides is 1. The van der Waals surface area contributed by atoms with E-state index in [-0.39, 0.29) is 11.9 Å². The highest BCUT2D eigenvalue weighted by molar-refractivity contribution is 5.82. The topological polar surface area (TPSA) is 55.1 Å². The van der Waals surface area contributed by atoms with E-state index in [2.05, 4.69) is 5.32 Å². The highest BCUT2D eigenvalue weighted by atomic mass is 16.2. The number of nitrogens with two attached hydrogens (primary N) is 1. The fourth-order valence-corrected chi connectivity index (χ4v) is 1.35. The molecule has 1 aromatic rings. The van der Waals surface area contributed by atoms with E-state index in [9.17, 15) is 4.79 Å². The monoisotopic (exact) mass is 206 g/mol. The predicted molar refractivity (Wildman–Crippen MR) is 61.4 cm³/mol. The standard InChI is InChI=1S/C12H18N2O/c1-9(2)14-12(15)11(13)8-10-6-4-3-5-7-10/h3-7,9,11H,8,13H2,1-2H3,(H,14,15)/t11-/m1/s1. The predicted octanol–water partition coefficient (Wildman–Crippen LogP) is 1.08. The van der Waals surface area contributed by atoms with Gasteiger partial charge in [0.1, 0.15) is 0 Å². The Morgan fingerprint density at radius 3 is 2.47 bits per heavy atom. The van der Waals surface area contributed by atoms with Gasteiger partial charge in [0.15, 0.2) is 0 Å². The lowest BCUT2D eigenvalue weighted by Crippen LogP contribution is -2.44. The van der Waals surface area contributed by atoms with Crippen LogP contribution in [0.1, 0.15) is 19.4 Å². The molecule has 15 heavy (non-hydrogen) atoms. The summed E-state index contributed by atoms with van der Waals surface area (Å²) < 4.78 is 0. The number of carbonyl (C=O) groups is 1. The summed E-state index contributed by atoms with van der Waals surface area (Å²) in [5, 5.41) is 2.80. The van der Waals surface area contributed by atoms with E-state index >= 15 is 0 Å². The van der Waals surface area contributed by atoms with Gasteiger partial charge in [-0.3, -0.25) is 4.79 Å². The van der Waals surface area contributed by atoms with Crippen molar-refractivity contribution in [1.82, 2.24) is 5.32 Å². The number of benzene rings is 1. The van der Waals surface area contributed by atoms with Crippen LogP contribution < -0.4 is 11.1 Å². The molecule has 3 heteroatoms. The van der Waals surface area contributed by atoms with Crippen LogP contribution in [0.2, 0.25) is 0 Å². The van der Waals surface area contributed by atoms with Crippen molar-refractivity contribution in [2.24, 2.45) is 5.73 Å². The van der Waals surface area contributed by atoms with E-state index in [4.69, 9.17) is 5.73 Å². The van der Waals surface area contributed by atoms with Gasteiger partial charge in [0.05, 0.1) is 6.04 Å². The summed E-state index contributed by atoms with van der Waals surface area (Å²) in [6.45, 7) is 3.85. The molecule has 0 bridgehead atoms. The lowest BCUT2D eigenvalue weighted by Gasteiger charge is -2.14. The van der Waals surface area contributed by atoms with Crippen LogP contribution >= 0.6 is 0 Å². The van der Waals surface area contributed by atoms with Gasteiger partial charge in [-0.2, -0.15) is 0 Å². The van der Waals surface area contributed by atoms with Crippen molar-refractivity contribution in [3.63, 3.8) is 0 Å². The first-order valence-electron chi connectivity index (χ1n) is 5.19. The summed E-state index contributed by atoms with van der Waals surface area (Å²) in [5.41, 5.74) is 6.87. The van der Waals surface area contributed by atoms with E-state index in [0.717, 1.165) is 5.56 Å². The van der Waals surface area contributed by atoms with Crippen LogP contribution in [0.4, 0.5) is 0 Å². The lowest BCUT2D eigenvalue weighted by molar-refractivity contribution is -0.122. The molecule has 0 unspecified atom stereocenters. The Bertz CT molecular complexity index is 309. The summed E-state index contributed by atoms with van der Waals surface area (Å²) in [7, 11) is 0. The maximum absolute atomic E-state index is 11.5. The zero-order valence-electron chi connectivity index (χ0n) is 9.23. The molecule has 1 aromatic carbocycles. The molecule has 82 valence electrons. The summed E-state index contributed by atoms with van der Waals surface area (Å²) in [5.74, 6) is -0.0890. The Balaban J connectivity index is 2.49. The minimum absolute atomic E-state index is 0.0890. The molecule has 1 rings (SSSR count). The van der Waals surface area contributed by atoms with Gasteiger partial charge in [0, 0.05) is 6.04 Å². The van der Waals surface area contributed by atoms with Crippen LogP contribution in [-0.4, -0.2) is 18.0 Å². The molecule has 0 fully saturated rings. The van der Waals surface area contributed by atoms with Gasteiger partial charge >= 0.3 is 0 Å². The van der Waals surface area contributed by atoms with Crippen molar-refractivity contribution in [2.75, 3.05) is 0 Å². The molecular formula is C12H18N2O. The maximum Gasteiger partial charge on any atom is 0.237 e. The lowest BCUT2D eigenvalue weighted by atomic mass is 10.1. The van der Waals surface area contributed by atoms with Gasteiger partial charge in [-0.05, 0) is 25.8 Å². The molecule has 0 aliphatic rings. The Kier molecular flexibility index (Phi) is 4.31. The average Bonchev–Trinajstić information content (AvgIpc) is 2.18. The molecular weight excluding hydrogens is 188 g/mol. The highest BCUT2D eigenvalue weighted by Crippen LogP contribution is 2.01. The number of hydrogen-bond donors (Lipinski definition) is 2. The minimum Gasteiger partial charge on any atom is -0.353 e. The first-order valence-corrected chi connectivity index (χ1v) is 5.19. The number of rotatable bonds is 4. The van der Waals surface area contributed by atoms with Crippen molar-refractivity contribution in [3.8, 4) is 0 Å². The van der Waals surface area contributed by atoms with Crippen LogP contribution in [0.25, 0.3) is 0 Å². The summed E-state index contributed by atoms with van der Waals surface area (Å²) in [6.07, 6.45) is 0.583. The maximum atomic E-state index is 11.5. The van der Waals surface area contributed by atoms with Crippen molar-refractivity contribution < 1.29 is 4.79 Å². The quantitative estimate of drug-likeness (QED) is 0.774. The van der Waals surface area contributed by atoms with Crippen LogP contribution in [0.5, 0.6) is 0 Å². The smallest absolute Gasteiger partial charge is 0.237 e. The summed E-state index contributed by atoms with van der Waals surface area (Å²) >= 11 is 0. The Morgan fingerprint density at radius 1 is 1.33 bits per heavy atom. The van der Waals surface area contributed by atoms with Gasteiger partial charge in [-0.25, -0.2) is 0 Å². The highest BCUT2D eigenvalue weighted by Gasteiger charge is 2.14. The molecule has 0 spiro atoms. The first kappa shape index (κ1) is 11.7. The van der Waals surface area contributed by atoms with Crippen LogP contribution in [-0.2, 0) is 11.2 Å². The van der Waals surface area contributed by atoms with Crippen molar-refractivity contribution >= 4 is 5.91 Å². The van der Waals surface area contributed by atoms with Gasteiger partial charge in [-0.1, -0.05) is 30.3 Å². The van der Waals surface area contributed by atoms with Crippen LogP contribution in [0.15, 0.2) is 30.3 Å². The molecule has 0 heterocycles. The molecule has 3 N–H and O–H groups in total. The van der Waals surface area contributed by atoms with E-state index in [1.54, 1.807) is 0 Å². The second kappa shape index (κ2) is 5.51. The third-order valence-electron chi connectivity index (χ3n) is 2.07. The summed E-state index contributed by atoms with van der Waals surface area (Å²) in [6, 6.07) is 9.47. The molecule has 3 nitrogen and oxygen atoms in total. The van der Waals surface area contributed by atoms with E-state index < -0.39 is 6.04 Å². The molecule has 1 atom stereocenters. The molecule has 0 aliphatic carbocycles. The fourth-order valence-electron chi connectivity index (χ4n) is 1.35. The minimum atomic E-state index is -0.463. The Hall–Kier alpha value is -1.35. The molecule has 0 saturated carbocycles. The van der Waals surface area contributed by atoms with Crippen molar-refractivity contribution in [2.45, 2.75) is 32.4 Å². The van der Waals surface area contributed by atoms with Crippen LogP contribution in [0.3, 0.4) is 0 Å². The number of nitrogens with one attached hydrogen (secondary N) is 1. The average molecular weight is 206 g/mol. The third-order valence-corrected chi connectivity index (χ3v) is 2.07. The number of hydrogen-bond acceptors (Lipinski definition) is 2. The van der Waals surface area contributed by atoms with Gasteiger partial charge < -0.3 is 11.1 Å². The van der Waals surface area contributed by atoms with Gasteiger partial charge in [0.2, 0.25) is 5.91 Å². The molecule has 1 amide bonds. The SMILES string of the molecule is CC(C)NC(=O)[C@H](N)Cc1ccccc1. The largest absolute Gasteiger partial charge is 0.353 e. The molecule has 0 aromatic heterocycles. The van der Waals surface area contributed by atoms with Gasteiger partial charge in [-0.15, -0.1) is 0 Å². The normalized spacial score (nSPS) is 12.5. The van der Waals surface area contributed by atoms with E-state index in [1.807, 2.05) is 44.2 Å². The third kappa shape index (κ3) is 4.13. The van der Waals surface area contributed by atoms with E-state index in [1.165, 1.54) is 0 Å². The first-order chi connectivity index (χ1) is 7.09. The van der Waals surface area contributed by atoms with E-state index in [0.29, 0.717) is 6.42 Å². The molecule has 0 radical (unpaired) electrons. The Morgan fingerprint density at radius 2 is 1.93 bits per heavy atom. The zero-order chi connectivity index (χ0) is 11.3. The Labute approximate surface area is 90.7 Å². The van der Waals surface area contributed by atoms with Crippen molar-refractivity contribution in [1.29, 1.82) is 0 Å². The number of carbonyl (C=O) groups excluding carboxylic acids is 1. The second-order valence-electron chi connectivity index (χ2n) is 3.96. The van der Waals surface area contributed by atoms with Gasteiger partial charge in [0.25, 0.3) is 0 Å². The van der Waals surface area contributed by atoms with Crippen LogP contribution in [0, 0.1) is 0 Å². The summed E-state index contributed by atoms with van der Waals surface area (Å²) in [4.78, 5) is 11.5. The fraction of sp³-hybridized carbons (Fsp3) is 0.417. The van der Waals surface area contributed by atoms with Crippen molar-refractivity contribution in [3.05, 3.63) is 35.9 Å². The zero-order valence-corrected chi connectivity index (χ0v) is 9.23.